The molecular formula is C14H19NO3. The molecular weight excluding hydrogens is 230 g/mol. The molecule has 18 heavy (non-hydrogen) atoms. The molecule has 98 valence electrons. The molecule has 0 saturated carbocycles. The molecule has 0 aromatic heterocycles. The Hall–Kier alpha value is -1.55. The lowest BCUT2D eigenvalue weighted by Gasteiger charge is -2.34. The van der Waals surface area contributed by atoms with Gasteiger partial charge in [0.1, 0.15) is 0 Å². The lowest BCUT2D eigenvalue weighted by molar-refractivity contribution is 0.0696. The molecule has 1 aromatic rings. The minimum absolute atomic E-state index is 0.359. The summed E-state index contributed by atoms with van der Waals surface area (Å²) in [4.78, 5) is 13.4. The number of para-hydroxylation sites is 1. The third kappa shape index (κ3) is 2.48. The van der Waals surface area contributed by atoms with Gasteiger partial charge in [0.15, 0.2) is 0 Å². The van der Waals surface area contributed by atoms with Crippen LogP contribution in [0, 0.1) is 6.92 Å². The van der Waals surface area contributed by atoms with Crippen molar-refractivity contribution in [3.63, 3.8) is 0 Å². The first kappa shape index (κ1) is 12.9. The SMILES string of the molecule is Cc1cccc(C(=O)O)c1N(C)C1CCOCC1. The second kappa shape index (κ2) is 5.40. The largest absolute Gasteiger partial charge is 0.478 e. The van der Waals surface area contributed by atoms with E-state index in [2.05, 4.69) is 4.90 Å². The Bertz CT molecular complexity index is 439. The van der Waals surface area contributed by atoms with Gasteiger partial charge in [-0.15, -0.1) is 0 Å². The lowest BCUT2D eigenvalue weighted by Crippen LogP contribution is -2.37. The van der Waals surface area contributed by atoms with Gasteiger partial charge in [-0.3, -0.25) is 0 Å². The van der Waals surface area contributed by atoms with Gasteiger partial charge in [0.2, 0.25) is 0 Å². The second-order valence-corrected chi connectivity index (χ2v) is 4.73. The summed E-state index contributed by atoms with van der Waals surface area (Å²) in [6.45, 7) is 3.46. The third-order valence-electron chi connectivity index (χ3n) is 3.56. The summed E-state index contributed by atoms with van der Waals surface area (Å²) in [5, 5.41) is 9.29. The summed E-state index contributed by atoms with van der Waals surface area (Å²) in [5.41, 5.74) is 2.21. The number of aromatic carboxylic acids is 1. The van der Waals surface area contributed by atoms with Gasteiger partial charge in [-0.1, -0.05) is 12.1 Å². The number of carboxylic acid groups (broad SMARTS) is 1. The maximum Gasteiger partial charge on any atom is 0.337 e. The molecule has 4 heteroatoms. The van der Waals surface area contributed by atoms with Crippen molar-refractivity contribution in [3.05, 3.63) is 29.3 Å². The molecule has 0 atom stereocenters. The van der Waals surface area contributed by atoms with Crippen LogP contribution in [0.3, 0.4) is 0 Å². The minimum Gasteiger partial charge on any atom is -0.478 e. The fraction of sp³-hybridized carbons (Fsp3) is 0.500. The molecule has 4 nitrogen and oxygen atoms in total. The fourth-order valence-electron chi connectivity index (χ4n) is 2.55. The molecule has 1 fully saturated rings. The first-order chi connectivity index (χ1) is 8.61. The fourth-order valence-corrected chi connectivity index (χ4v) is 2.55. The zero-order valence-electron chi connectivity index (χ0n) is 10.8. The van der Waals surface area contributed by atoms with Crippen molar-refractivity contribution >= 4 is 11.7 Å². The van der Waals surface area contributed by atoms with Crippen molar-refractivity contribution in [2.45, 2.75) is 25.8 Å². The van der Waals surface area contributed by atoms with Crippen LogP contribution in [-0.2, 0) is 4.74 Å². The van der Waals surface area contributed by atoms with Gasteiger partial charge < -0.3 is 14.7 Å². The Morgan fingerprint density at radius 3 is 2.67 bits per heavy atom. The van der Waals surface area contributed by atoms with Crippen molar-refractivity contribution < 1.29 is 14.6 Å². The Kier molecular flexibility index (Phi) is 3.87. The average Bonchev–Trinajstić information content (AvgIpc) is 2.38. The number of rotatable bonds is 3. The third-order valence-corrected chi connectivity index (χ3v) is 3.56. The molecule has 1 aliphatic heterocycles. The number of carbonyl (C=O) groups is 1. The molecule has 1 heterocycles. The normalized spacial score (nSPS) is 16.6. The van der Waals surface area contributed by atoms with E-state index in [1.54, 1.807) is 12.1 Å². The summed E-state index contributed by atoms with van der Waals surface area (Å²) in [5.74, 6) is -0.868. The quantitative estimate of drug-likeness (QED) is 0.893. The molecule has 1 N–H and O–H groups in total. The van der Waals surface area contributed by atoms with Crippen LogP contribution in [-0.4, -0.2) is 37.4 Å². The van der Waals surface area contributed by atoms with E-state index in [4.69, 9.17) is 4.74 Å². The summed E-state index contributed by atoms with van der Waals surface area (Å²) in [6, 6.07) is 5.77. The van der Waals surface area contributed by atoms with Crippen LogP contribution in [0.2, 0.25) is 0 Å². The Balaban J connectivity index is 2.33. The van der Waals surface area contributed by atoms with Crippen LogP contribution < -0.4 is 4.90 Å². The van der Waals surface area contributed by atoms with Crippen molar-refractivity contribution in [2.24, 2.45) is 0 Å². The van der Waals surface area contributed by atoms with E-state index in [9.17, 15) is 9.90 Å². The zero-order valence-corrected chi connectivity index (χ0v) is 10.8. The van der Waals surface area contributed by atoms with E-state index in [1.165, 1.54) is 0 Å². The molecule has 0 aliphatic carbocycles. The summed E-state index contributed by atoms with van der Waals surface area (Å²) >= 11 is 0. The van der Waals surface area contributed by atoms with Gasteiger partial charge in [0.05, 0.1) is 11.3 Å². The highest BCUT2D eigenvalue weighted by Gasteiger charge is 2.23. The van der Waals surface area contributed by atoms with E-state index < -0.39 is 5.97 Å². The number of hydrogen-bond acceptors (Lipinski definition) is 3. The summed E-state index contributed by atoms with van der Waals surface area (Å²) < 4.78 is 5.35. The Morgan fingerprint density at radius 2 is 2.06 bits per heavy atom. The Labute approximate surface area is 107 Å². The van der Waals surface area contributed by atoms with Crippen molar-refractivity contribution in [3.8, 4) is 0 Å². The topological polar surface area (TPSA) is 49.8 Å². The molecule has 1 aliphatic rings. The molecule has 0 spiro atoms. The predicted molar refractivity (Wildman–Crippen MR) is 70.4 cm³/mol. The van der Waals surface area contributed by atoms with Gasteiger partial charge in [-0.25, -0.2) is 4.79 Å². The summed E-state index contributed by atoms with van der Waals surface area (Å²) in [6.07, 6.45) is 1.90. The molecule has 0 amide bonds. The van der Waals surface area contributed by atoms with Crippen molar-refractivity contribution in [1.82, 2.24) is 0 Å². The van der Waals surface area contributed by atoms with Crippen molar-refractivity contribution in [1.29, 1.82) is 0 Å². The second-order valence-electron chi connectivity index (χ2n) is 4.73. The monoisotopic (exact) mass is 249 g/mol. The standard InChI is InChI=1S/C14H19NO3/c1-10-4-3-5-12(14(16)17)13(10)15(2)11-6-8-18-9-7-11/h3-5,11H,6-9H2,1-2H3,(H,16,17). The van der Waals surface area contributed by atoms with Gasteiger partial charge in [0.25, 0.3) is 0 Å². The molecule has 0 radical (unpaired) electrons. The van der Waals surface area contributed by atoms with E-state index in [-0.39, 0.29) is 0 Å². The number of carboxylic acids is 1. The smallest absolute Gasteiger partial charge is 0.337 e. The number of hydrogen-bond donors (Lipinski definition) is 1. The van der Waals surface area contributed by atoms with Crippen molar-refractivity contribution in [2.75, 3.05) is 25.2 Å². The minimum atomic E-state index is -0.868. The Morgan fingerprint density at radius 1 is 1.39 bits per heavy atom. The maximum absolute atomic E-state index is 11.3. The van der Waals surface area contributed by atoms with Crippen LogP contribution in [0.4, 0.5) is 5.69 Å². The van der Waals surface area contributed by atoms with E-state index >= 15 is 0 Å². The van der Waals surface area contributed by atoms with Crippen LogP contribution in [0.1, 0.15) is 28.8 Å². The highest BCUT2D eigenvalue weighted by atomic mass is 16.5. The molecule has 2 rings (SSSR count). The maximum atomic E-state index is 11.3. The van der Waals surface area contributed by atoms with Crippen LogP contribution in [0.5, 0.6) is 0 Å². The predicted octanol–water partition coefficient (Wildman–Crippen LogP) is 2.31. The number of anilines is 1. The number of nitrogens with zero attached hydrogens (tertiary/aromatic N) is 1. The average molecular weight is 249 g/mol. The molecule has 1 aromatic carbocycles. The number of benzene rings is 1. The van der Waals surface area contributed by atoms with Gasteiger partial charge in [-0.05, 0) is 31.4 Å². The molecule has 0 bridgehead atoms. The number of aryl methyl sites for hydroxylation is 1. The van der Waals surface area contributed by atoms with Gasteiger partial charge >= 0.3 is 5.97 Å². The van der Waals surface area contributed by atoms with Gasteiger partial charge in [0, 0.05) is 26.3 Å². The van der Waals surface area contributed by atoms with E-state index in [0.29, 0.717) is 11.6 Å². The number of ether oxygens (including phenoxy) is 1. The first-order valence-corrected chi connectivity index (χ1v) is 6.24. The molecule has 1 saturated heterocycles. The van der Waals surface area contributed by atoms with E-state index in [1.807, 2.05) is 20.0 Å². The zero-order chi connectivity index (χ0) is 13.1. The highest BCUT2D eigenvalue weighted by Crippen LogP contribution is 2.28. The summed E-state index contributed by atoms with van der Waals surface area (Å²) in [7, 11) is 1.98. The van der Waals surface area contributed by atoms with Crippen LogP contribution in [0.15, 0.2) is 18.2 Å². The van der Waals surface area contributed by atoms with E-state index in [0.717, 1.165) is 37.3 Å². The van der Waals surface area contributed by atoms with Crippen LogP contribution >= 0.6 is 0 Å². The van der Waals surface area contributed by atoms with Crippen LogP contribution in [0.25, 0.3) is 0 Å². The van der Waals surface area contributed by atoms with Gasteiger partial charge in [-0.2, -0.15) is 0 Å². The molecule has 0 unspecified atom stereocenters. The highest BCUT2D eigenvalue weighted by molar-refractivity contribution is 5.95. The first-order valence-electron chi connectivity index (χ1n) is 6.24. The lowest BCUT2D eigenvalue weighted by atomic mass is 10.0.